The SMILES string of the molecule is [Ni].[W].[W].[W].c1ccc([C@H]2COC(c3cccc4c3oc3c(C5=N[C@@H](c6ccccc6)CO5)cccc34)=N2)cc1. The predicted molar refractivity (Wildman–Crippen MR) is 137 cm³/mol. The summed E-state index contributed by atoms with van der Waals surface area (Å²) in [6, 6.07) is 32.6. The topological polar surface area (TPSA) is 56.3 Å². The van der Waals surface area contributed by atoms with Gasteiger partial charge in [0.05, 0.1) is 11.1 Å². The van der Waals surface area contributed by atoms with E-state index in [4.69, 9.17) is 23.9 Å². The molecule has 0 saturated carbocycles. The van der Waals surface area contributed by atoms with Crippen LogP contribution in [0.15, 0.2) is 111 Å². The number of nitrogens with zero attached hydrogens (tertiary/aromatic N) is 2. The Kier molecular flexibility index (Phi) is 11.1. The maximum absolute atomic E-state index is 6.50. The molecule has 0 fully saturated rings. The average molecular weight is 1070 g/mol. The Labute approximate surface area is 279 Å². The molecule has 0 radical (unpaired) electrons. The Morgan fingerprint density at radius 3 is 1.33 bits per heavy atom. The van der Waals surface area contributed by atoms with Gasteiger partial charge in [-0.15, -0.1) is 0 Å². The summed E-state index contributed by atoms with van der Waals surface area (Å²) in [6.45, 7) is 1.04. The minimum atomic E-state index is -0.0161. The first-order valence-electron chi connectivity index (χ1n) is 11.8. The molecule has 2 aliphatic heterocycles. The molecule has 0 unspecified atom stereocenters. The van der Waals surface area contributed by atoms with Gasteiger partial charge in [0.15, 0.2) is 0 Å². The van der Waals surface area contributed by atoms with Crippen molar-refractivity contribution in [2.45, 2.75) is 12.1 Å². The molecular weight excluding hydrogens is 1050 g/mol. The second-order valence-electron chi connectivity index (χ2n) is 8.81. The van der Waals surface area contributed by atoms with Gasteiger partial charge in [-0.1, -0.05) is 84.9 Å². The summed E-state index contributed by atoms with van der Waals surface area (Å²) in [5.41, 5.74) is 5.54. The molecule has 4 aromatic carbocycles. The van der Waals surface area contributed by atoms with Crippen LogP contribution in [0.5, 0.6) is 0 Å². The molecule has 198 valence electrons. The standard InChI is InChI=1S/C30H22N2O3.Ni.3W/c1-3-9-19(10-4-1)25-17-33-29(31-25)23-15-7-13-21-22-14-8-16-24(28(22)35-27(21)23)30-32-26(18-34-30)20-11-5-2-6-12-20;;;;/h1-16,25-26H,17-18H2;;;;/t25-,26-;;;;/m1..../s1. The summed E-state index contributed by atoms with van der Waals surface area (Å²) >= 11 is 0. The van der Waals surface area contributed by atoms with Gasteiger partial charge in [-0.05, 0) is 23.3 Å². The summed E-state index contributed by atoms with van der Waals surface area (Å²) in [6.07, 6.45) is 0. The second-order valence-corrected chi connectivity index (χ2v) is 8.81. The third-order valence-corrected chi connectivity index (χ3v) is 6.66. The average Bonchev–Trinajstić information content (AvgIpc) is 3.68. The van der Waals surface area contributed by atoms with Crippen LogP contribution < -0.4 is 0 Å². The van der Waals surface area contributed by atoms with Gasteiger partial charge in [0.2, 0.25) is 11.8 Å². The van der Waals surface area contributed by atoms with Crippen molar-refractivity contribution in [3.8, 4) is 0 Å². The predicted octanol–water partition coefficient (Wildman–Crippen LogP) is 6.61. The van der Waals surface area contributed by atoms with Crippen molar-refractivity contribution in [2.75, 3.05) is 13.2 Å². The van der Waals surface area contributed by atoms with Gasteiger partial charge in [0.1, 0.15) is 36.5 Å². The molecular formula is C30H22N2NiO3W3. The van der Waals surface area contributed by atoms with Gasteiger partial charge >= 0.3 is 0 Å². The molecule has 0 saturated heterocycles. The maximum Gasteiger partial charge on any atom is 0.220 e. The molecule has 0 spiro atoms. The van der Waals surface area contributed by atoms with E-state index in [9.17, 15) is 0 Å². The van der Waals surface area contributed by atoms with E-state index in [2.05, 4.69) is 36.4 Å². The van der Waals surface area contributed by atoms with E-state index in [0.29, 0.717) is 25.0 Å². The Hall–Kier alpha value is -1.82. The van der Waals surface area contributed by atoms with Gasteiger partial charge in [-0.2, -0.15) is 0 Å². The van der Waals surface area contributed by atoms with Crippen LogP contribution in [0.4, 0.5) is 0 Å². The molecule has 9 heteroatoms. The van der Waals surface area contributed by atoms with E-state index in [0.717, 1.165) is 44.2 Å². The van der Waals surface area contributed by atoms with E-state index >= 15 is 0 Å². The zero-order chi connectivity index (χ0) is 23.2. The van der Waals surface area contributed by atoms with Crippen molar-refractivity contribution in [2.24, 2.45) is 9.98 Å². The van der Waals surface area contributed by atoms with E-state index in [1.54, 1.807) is 0 Å². The fourth-order valence-electron chi connectivity index (χ4n) is 4.89. The fraction of sp³-hybridized carbons (Fsp3) is 0.133. The Morgan fingerprint density at radius 1 is 0.513 bits per heavy atom. The monoisotopic (exact) mass is 1070 g/mol. The Morgan fingerprint density at radius 2 is 0.923 bits per heavy atom. The van der Waals surface area contributed by atoms with E-state index in [1.165, 1.54) is 0 Å². The first kappa shape index (κ1) is 31.7. The number of hydrogen-bond acceptors (Lipinski definition) is 5. The van der Waals surface area contributed by atoms with Crippen LogP contribution >= 0.6 is 0 Å². The molecule has 7 rings (SSSR count). The third-order valence-electron chi connectivity index (χ3n) is 6.66. The van der Waals surface area contributed by atoms with Crippen LogP contribution in [-0.2, 0) is 89.2 Å². The van der Waals surface area contributed by atoms with Crippen molar-refractivity contribution in [3.05, 3.63) is 119 Å². The number of rotatable bonds is 4. The van der Waals surface area contributed by atoms with Crippen LogP contribution in [0.3, 0.4) is 0 Å². The van der Waals surface area contributed by atoms with Crippen LogP contribution in [0.1, 0.15) is 34.3 Å². The first-order chi connectivity index (χ1) is 17.3. The van der Waals surface area contributed by atoms with E-state index in [1.807, 2.05) is 60.7 Å². The van der Waals surface area contributed by atoms with Gasteiger partial charge in [0.25, 0.3) is 0 Å². The smallest absolute Gasteiger partial charge is 0.220 e. The van der Waals surface area contributed by atoms with Gasteiger partial charge in [0, 0.05) is 90.5 Å². The number of fused-ring (bicyclic) bond motifs is 3. The molecule has 3 heterocycles. The third kappa shape index (κ3) is 5.96. The number of furan rings is 1. The zero-order valence-corrected chi connectivity index (χ0v) is 30.3. The molecule has 5 aromatic rings. The van der Waals surface area contributed by atoms with Gasteiger partial charge in [-0.3, -0.25) is 0 Å². The number of hydrogen-bond donors (Lipinski definition) is 0. The maximum atomic E-state index is 6.50. The zero-order valence-electron chi connectivity index (χ0n) is 20.5. The van der Waals surface area contributed by atoms with E-state index in [-0.39, 0.29) is 91.8 Å². The summed E-state index contributed by atoms with van der Waals surface area (Å²) in [4.78, 5) is 9.76. The summed E-state index contributed by atoms with van der Waals surface area (Å²) in [7, 11) is 0. The molecule has 0 aliphatic carbocycles. The number of aliphatic imine (C=N–C) groups is 2. The molecule has 2 atom stereocenters. The number of para-hydroxylation sites is 2. The van der Waals surface area contributed by atoms with E-state index < -0.39 is 0 Å². The fourth-order valence-corrected chi connectivity index (χ4v) is 4.89. The Balaban J connectivity index is 0.00000105. The molecule has 0 N–H and O–H groups in total. The Bertz CT molecular complexity index is 1500. The molecule has 0 amide bonds. The largest absolute Gasteiger partial charge is 0.475 e. The number of ether oxygens (including phenoxy) is 2. The quantitative estimate of drug-likeness (QED) is 0.191. The molecule has 0 bridgehead atoms. The van der Waals surface area contributed by atoms with Crippen molar-refractivity contribution < 1.29 is 93.6 Å². The number of benzene rings is 4. The van der Waals surface area contributed by atoms with Crippen LogP contribution in [0.2, 0.25) is 0 Å². The minimum absolute atomic E-state index is 0. The van der Waals surface area contributed by atoms with Gasteiger partial charge in [-0.25, -0.2) is 9.98 Å². The van der Waals surface area contributed by atoms with Crippen LogP contribution in [-0.4, -0.2) is 25.0 Å². The summed E-state index contributed by atoms with van der Waals surface area (Å²) < 4.78 is 18.6. The minimum Gasteiger partial charge on any atom is -0.475 e. The van der Waals surface area contributed by atoms with Gasteiger partial charge < -0.3 is 13.9 Å². The van der Waals surface area contributed by atoms with Crippen molar-refractivity contribution in [3.63, 3.8) is 0 Å². The molecule has 1 aromatic heterocycles. The van der Waals surface area contributed by atoms with Crippen molar-refractivity contribution in [1.82, 2.24) is 0 Å². The summed E-state index contributed by atoms with van der Waals surface area (Å²) in [5, 5.41) is 2.04. The van der Waals surface area contributed by atoms with Crippen molar-refractivity contribution >= 4 is 33.7 Å². The second kappa shape index (κ2) is 13.7. The first-order valence-corrected chi connectivity index (χ1v) is 11.8. The van der Waals surface area contributed by atoms with Crippen LogP contribution in [0, 0.1) is 0 Å². The molecule has 5 nitrogen and oxygen atoms in total. The molecule has 39 heavy (non-hydrogen) atoms. The summed E-state index contributed by atoms with van der Waals surface area (Å²) in [5.74, 6) is 1.23. The molecule has 2 aliphatic rings. The van der Waals surface area contributed by atoms with Crippen LogP contribution in [0.25, 0.3) is 21.9 Å². The normalized spacial score (nSPS) is 17.4. The van der Waals surface area contributed by atoms with Crippen molar-refractivity contribution in [1.29, 1.82) is 0 Å².